The monoisotopic (exact) mass is 312 g/mol. The lowest BCUT2D eigenvalue weighted by atomic mass is 10.0. The predicted molar refractivity (Wildman–Crippen MR) is 70.8 cm³/mol. The summed E-state index contributed by atoms with van der Waals surface area (Å²) in [4.78, 5) is 0. The minimum atomic E-state index is -0.0169. The minimum absolute atomic E-state index is 0.00564. The van der Waals surface area contributed by atoms with Gasteiger partial charge in [0.15, 0.2) is 0 Å². The predicted octanol–water partition coefficient (Wildman–Crippen LogP) is 3.31. The molecule has 2 aromatic rings. The van der Waals surface area contributed by atoms with E-state index in [1.54, 1.807) is 19.2 Å². The van der Waals surface area contributed by atoms with Crippen LogP contribution >= 0.6 is 15.9 Å². The van der Waals surface area contributed by atoms with Crippen molar-refractivity contribution in [1.82, 2.24) is 0 Å². The number of phenols is 2. The van der Waals surface area contributed by atoms with Gasteiger partial charge in [0.05, 0.1) is 22.9 Å². The summed E-state index contributed by atoms with van der Waals surface area (Å²) in [6.07, 6.45) is 2.09. The fraction of sp³-hybridized carbons (Fsp3) is 0.231. The zero-order chi connectivity index (χ0) is 13.1. The molecule has 0 unspecified atom stereocenters. The van der Waals surface area contributed by atoms with E-state index in [0.29, 0.717) is 28.8 Å². The second-order valence-electron chi connectivity index (χ2n) is 3.80. The fourth-order valence-corrected chi connectivity index (χ4v) is 2.33. The molecule has 1 heterocycles. The Kier molecular flexibility index (Phi) is 3.93. The van der Waals surface area contributed by atoms with Crippen LogP contribution in [0.2, 0.25) is 0 Å². The highest BCUT2D eigenvalue weighted by Gasteiger charge is 2.19. The van der Waals surface area contributed by atoms with Crippen molar-refractivity contribution in [1.29, 1.82) is 0 Å². The molecule has 0 aliphatic carbocycles. The Labute approximate surface area is 113 Å². The highest BCUT2D eigenvalue weighted by molar-refractivity contribution is 9.10. The van der Waals surface area contributed by atoms with Crippen molar-refractivity contribution < 1.29 is 19.4 Å². The summed E-state index contributed by atoms with van der Waals surface area (Å²) in [7, 11) is 1.60. The summed E-state index contributed by atoms with van der Waals surface area (Å²) >= 11 is 3.32. The molecule has 0 bridgehead atoms. The molecule has 0 spiro atoms. The SMILES string of the molecule is COCCc1c(Br)c(O)cc(O)c1-c1ccco1. The smallest absolute Gasteiger partial charge is 0.137 e. The van der Waals surface area contributed by atoms with Gasteiger partial charge < -0.3 is 19.4 Å². The third-order valence-corrected chi connectivity index (χ3v) is 3.53. The van der Waals surface area contributed by atoms with Crippen LogP contribution in [0.1, 0.15) is 5.56 Å². The van der Waals surface area contributed by atoms with Gasteiger partial charge in [-0.15, -0.1) is 0 Å². The van der Waals surface area contributed by atoms with E-state index in [4.69, 9.17) is 9.15 Å². The molecule has 0 saturated heterocycles. The van der Waals surface area contributed by atoms with Gasteiger partial charge >= 0.3 is 0 Å². The lowest BCUT2D eigenvalue weighted by molar-refractivity contribution is 0.202. The molecule has 4 nitrogen and oxygen atoms in total. The summed E-state index contributed by atoms with van der Waals surface area (Å²) in [5.41, 5.74) is 1.33. The number of hydrogen-bond acceptors (Lipinski definition) is 4. The van der Waals surface area contributed by atoms with Gasteiger partial charge in [-0.2, -0.15) is 0 Å². The van der Waals surface area contributed by atoms with E-state index in [1.807, 2.05) is 0 Å². The number of furan rings is 1. The van der Waals surface area contributed by atoms with Crippen molar-refractivity contribution in [3.63, 3.8) is 0 Å². The summed E-state index contributed by atoms with van der Waals surface area (Å²) in [6, 6.07) is 4.79. The highest BCUT2D eigenvalue weighted by Crippen LogP contribution is 2.42. The average Bonchev–Trinajstić information content (AvgIpc) is 2.85. The van der Waals surface area contributed by atoms with Gasteiger partial charge in [0.25, 0.3) is 0 Å². The molecule has 1 aromatic heterocycles. The summed E-state index contributed by atoms with van der Waals surface area (Å²) in [5, 5.41) is 19.7. The number of rotatable bonds is 4. The Morgan fingerprint density at radius 1 is 1.33 bits per heavy atom. The van der Waals surface area contributed by atoms with Crippen LogP contribution in [0.15, 0.2) is 33.4 Å². The molecule has 5 heteroatoms. The number of ether oxygens (including phenoxy) is 1. The molecule has 0 atom stereocenters. The standard InChI is InChI=1S/C13H13BrO4/c1-17-6-4-8-12(11-3-2-5-18-11)9(15)7-10(16)13(8)14/h2-3,5,7,15-16H,4,6H2,1H3. The lowest BCUT2D eigenvalue weighted by Crippen LogP contribution is -1.99. The number of halogens is 1. The van der Waals surface area contributed by atoms with Crippen molar-refractivity contribution in [3.8, 4) is 22.8 Å². The van der Waals surface area contributed by atoms with Gasteiger partial charge in [0.2, 0.25) is 0 Å². The number of benzene rings is 1. The zero-order valence-corrected chi connectivity index (χ0v) is 11.4. The largest absolute Gasteiger partial charge is 0.507 e. The molecular weight excluding hydrogens is 300 g/mol. The Morgan fingerprint density at radius 2 is 2.11 bits per heavy atom. The fourth-order valence-electron chi connectivity index (χ4n) is 1.82. The maximum absolute atomic E-state index is 9.99. The van der Waals surface area contributed by atoms with Crippen molar-refractivity contribution >= 4 is 15.9 Å². The van der Waals surface area contributed by atoms with Gasteiger partial charge in [-0.25, -0.2) is 0 Å². The van der Waals surface area contributed by atoms with Gasteiger partial charge in [0, 0.05) is 13.2 Å². The molecule has 0 aliphatic rings. The normalized spacial score (nSPS) is 10.8. The van der Waals surface area contributed by atoms with Crippen LogP contribution in [0.4, 0.5) is 0 Å². The topological polar surface area (TPSA) is 62.8 Å². The minimum Gasteiger partial charge on any atom is -0.507 e. The van der Waals surface area contributed by atoms with E-state index < -0.39 is 0 Å². The second kappa shape index (κ2) is 5.46. The molecule has 2 rings (SSSR count). The third-order valence-electron chi connectivity index (χ3n) is 2.64. The van der Waals surface area contributed by atoms with E-state index in [2.05, 4.69) is 15.9 Å². The molecule has 0 fully saturated rings. The first-order valence-corrected chi connectivity index (χ1v) is 6.20. The van der Waals surface area contributed by atoms with Gasteiger partial charge in [0.1, 0.15) is 17.3 Å². The van der Waals surface area contributed by atoms with E-state index in [1.165, 1.54) is 12.3 Å². The Balaban J connectivity index is 2.58. The van der Waals surface area contributed by atoms with E-state index in [9.17, 15) is 10.2 Å². The first kappa shape index (κ1) is 13.0. The van der Waals surface area contributed by atoms with Crippen molar-refractivity contribution in [2.75, 3.05) is 13.7 Å². The molecule has 0 amide bonds. The molecule has 18 heavy (non-hydrogen) atoms. The van der Waals surface area contributed by atoms with Crippen molar-refractivity contribution in [3.05, 3.63) is 34.5 Å². The number of phenolic OH excluding ortho intramolecular Hbond substituents is 2. The number of hydrogen-bond donors (Lipinski definition) is 2. The van der Waals surface area contributed by atoms with Crippen LogP contribution in [0.25, 0.3) is 11.3 Å². The lowest BCUT2D eigenvalue weighted by Gasteiger charge is -2.13. The van der Waals surface area contributed by atoms with Crippen LogP contribution in [-0.2, 0) is 11.2 Å². The first-order valence-electron chi connectivity index (χ1n) is 5.41. The van der Waals surface area contributed by atoms with E-state index in [0.717, 1.165) is 5.56 Å². The van der Waals surface area contributed by atoms with Crippen LogP contribution < -0.4 is 0 Å². The van der Waals surface area contributed by atoms with E-state index >= 15 is 0 Å². The van der Waals surface area contributed by atoms with Crippen molar-refractivity contribution in [2.24, 2.45) is 0 Å². The van der Waals surface area contributed by atoms with Crippen LogP contribution in [-0.4, -0.2) is 23.9 Å². The molecule has 0 radical (unpaired) electrons. The third kappa shape index (κ3) is 2.37. The highest BCUT2D eigenvalue weighted by atomic mass is 79.9. The van der Waals surface area contributed by atoms with Gasteiger partial charge in [-0.1, -0.05) is 0 Å². The molecule has 96 valence electrons. The van der Waals surface area contributed by atoms with Crippen LogP contribution in [0, 0.1) is 0 Å². The second-order valence-corrected chi connectivity index (χ2v) is 4.60. The maximum Gasteiger partial charge on any atom is 0.137 e. The maximum atomic E-state index is 9.99. The Bertz CT molecular complexity index is 534. The van der Waals surface area contributed by atoms with Crippen LogP contribution in [0.5, 0.6) is 11.5 Å². The van der Waals surface area contributed by atoms with E-state index in [-0.39, 0.29) is 11.5 Å². The molecular formula is C13H13BrO4. The Hall–Kier alpha value is -1.46. The summed E-state index contributed by atoms with van der Waals surface area (Å²) in [6.45, 7) is 0.481. The molecule has 0 saturated carbocycles. The van der Waals surface area contributed by atoms with Crippen LogP contribution in [0.3, 0.4) is 0 Å². The molecule has 1 aromatic carbocycles. The number of methoxy groups -OCH3 is 1. The Morgan fingerprint density at radius 3 is 2.72 bits per heavy atom. The quantitative estimate of drug-likeness (QED) is 0.909. The summed E-state index contributed by atoms with van der Waals surface area (Å²) in [5.74, 6) is 0.532. The average molecular weight is 313 g/mol. The van der Waals surface area contributed by atoms with Gasteiger partial charge in [-0.3, -0.25) is 0 Å². The molecule has 2 N–H and O–H groups in total. The summed E-state index contributed by atoms with van der Waals surface area (Å²) < 4.78 is 10.9. The van der Waals surface area contributed by atoms with Gasteiger partial charge in [-0.05, 0) is 40.0 Å². The number of aromatic hydroxyl groups is 2. The van der Waals surface area contributed by atoms with Crippen molar-refractivity contribution in [2.45, 2.75) is 6.42 Å². The first-order chi connectivity index (χ1) is 8.65. The molecule has 0 aliphatic heterocycles. The zero-order valence-electron chi connectivity index (χ0n) is 9.81.